The smallest absolute Gasteiger partial charge is 0.191 e. The molecule has 2 N–H and O–H groups in total. The molecule has 0 spiro atoms. The Morgan fingerprint density at radius 2 is 1.96 bits per heavy atom. The van der Waals surface area contributed by atoms with Crippen LogP contribution in [0.3, 0.4) is 0 Å². The van der Waals surface area contributed by atoms with E-state index in [-0.39, 0.29) is 5.54 Å². The Morgan fingerprint density at radius 3 is 2.56 bits per heavy atom. The van der Waals surface area contributed by atoms with Gasteiger partial charge in [-0.15, -0.1) is 11.3 Å². The molecular weight excluding hydrogens is 330 g/mol. The van der Waals surface area contributed by atoms with Crippen molar-refractivity contribution in [2.45, 2.75) is 65.3 Å². The molecule has 1 aromatic rings. The van der Waals surface area contributed by atoms with Crippen molar-refractivity contribution in [3.63, 3.8) is 0 Å². The van der Waals surface area contributed by atoms with Crippen molar-refractivity contribution in [2.24, 2.45) is 4.99 Å². The lowest BCUT2D eigenvalue weighted by Gasteiger charge is -2.41. The molecule has 2 rings (SSSR count). The van der Waals surface area contributed by atoms with Crippen LogP contribution >= 0.6 is 11.3 Å². The first-order chi connectivity index (χ1) is 12.0. The van der Waals surface area contributed by atoms with Crippen LogP contribution in [0.15, 0.2) is 4.99 Å². The van der Waals surface area contributed by atoms with Gasteiger partial charge in [0, 0.05) is 37.0 Å². The molecule has 1 aliphatic rings. The zero-order chi connectivity index (χ0) is 18.3. The van der Waals surface area contributed by atoms with E-state index in [1.807, 2.05) is 18.4 Å². The Kier molecular flexibility index (Phi) is 7.69. The number of guanidine groups is 1. The van der Waals surface area contributed by atoms with Crippen molar-refractivity contribution < 1.29 is 0 Å². The minimum atomic E-state index is 0.153. The van der Waals surface area contributed by atoms with Gasteiger partial charge in [-0.2, -0.15) is 0 Å². The maximum absolute atomic E-state index is 4.71. The number of aliphatic imine (C=N–C) groups is 1. The third-order valence-electron chi connectivity index (χ3n) is 5.03. The van der Waals surface area contributed by atoms with E-state index in [1.54, 1.807) is 0 Å². The Bertz CT molecular complexity index is 558. The Labute approximate surface area is 157 Å². The average Bonchev–Trinajstić information content (AvgIpc) is 2.98. The third kappa shape index (κ3) is 5.96. The molecule has 0 amide bonds. The molecule has 0 unspecified atom stereocenters. The molecule has 142 valence electrons. The highest BCUT2D eigenvalue weighted by molar-refractivity contribution is 7.11. The zero-order valence-corrected chi connectivity index (χ0v) is 17.4. The third-order valence-corrected chi connectivity index (χ3v) is 6.10. The summed E-state index contributed by atoms with van der Waals surface area (Å²) in [5.74, 6) is 0.883. The maximum atomic E-state index is 4.71. The van der Waals surface area contributed by atoms with Gasteiger partial charge in [0.25, 0.3) is 0 Å². The van der Waals surface area contributed by atoms with Crippen LogP contribution in [0.25, 0.3) is 0 Å². The Hall–Kier alpha value is -1.14. The van der Waals surface area contributed by atoms with Crippen molar-refractivity contribution in [3.8, 4) is 0 Å². The predicted molar refractivity (Wildman–Crippen MR) is 109 cm³/mol. The first-order valence-electron chi connectivity index (χ1n) is 9.61. The van der Waals surface area contributed by atoms with Crippen LogP contribution in [-0.2, 0) is 12.8 Å². The highest BCUT2D eigenvalue weighted by Crippen LogP contribution is 2.20. The number of rotatable bonds is 7. The highest BCUT2D eigenvalue weighted by Gasteiger charge is 2.27. The molecule has 0 saturated carbocycles. The van der Waals surface area contributed by atoms with Gasteiger partial charge in [-0.25, -0.2) is 4.98 Å². The van der Waals surface area contributed by atoms with E-state index in [1.165, 1.54) is 47.9 Å². The first-order valence-corrected chi connectivity index (χ1v) is 10.4. The van der Waals surface area contributed by atoms with E-state index in [0.717, 1.165) is 31.9 Å². The lowest BCUT2D eigenvalue weighted by molar-refractivity contribution is 0.0982. The summed E-state index contributed by atoms with van der Waals surface area (Å²) in [4.78, 5) is 13.0. The van der Waals surface area contributed by atoms with E-state index in [0.29, 0.717) is 0 Å². The molecule has 0 radical (unpaired) electrons. The first kappa shape index (κ1) is 20.2. The van der Waals surface area contributed by atoms with Crippen molar-refractivity contribution in [1.29, 1.82) is 0 Å². The standard InChI is InChI=1S/C19H35N5S/c1-6-16-15(2)25-17(23-16)10-11-21-18(20-5)22-14-19(3,4)24-12-8-7-9-13-24/h6-14H2,1-5H3,(H2,20,21,22). The van der Waals surface area contributed by atoms with Crippen LogP contribution in [-0.4, -0.2) is 54.6 Å². The van der Waals surface area contributed by atoms with Gasteiger partial charge in [-0.3, -0.25) is 9.89 Å². The molecule has 1 aromatic heterocycles. The molecule has 0 aliphatic carbocycles. The van der Waals surface area contributed by atoms with Crippen LogP contribution in [0, 0.1) is 6.92 Å². The number of nitrogens with zero attached hydrogens (tertiary/aromatic N) is 3. The molecule has 0 aromatic carbocycles. The van der Waals surface area contributed by atoms with Gasteiger partial charge in [0.15, 0.2) is 5.96 Å². The predicted octanol–water partition coefficient (Wildman–Crippen LogP) is 2.99. The van der Waals surface area contributed by atoms with Crippen molar-refractivity contribution >= 4 is 17.3 Å². The fourth-order valence-electron chi connectivity index (χ4n) is 3.34. The van der Waals surface area contributed by atoms with Crippen LogP contribution in [0.1, 0.15) is 55.6 Å². The number of hydrogen-bond acceptors (Lipinski definition) is 4. The molecule has 0 bridgehead atoms. The highest BCUT2D eigenvalue weighted by atomic mass is 32.1. The SMILES string of the molecule is CCc1nc(CCNC(=NC)NCC(C)(C)N2CCCCC2)sc1C. The number of likely N-dealkylation sites (tertiary alicyclic amines) is 1. The maximum Gasteiger partial charge on any atom is 0.191 e. The van der Waals surface area contributed by atoms with Gasteiger partial charge < -0.3 is 10.6 Å². The van der Waals surface area contributed by atoms with Crippen molar-refractivity contribution in [3.05, 3.63) is 15.6 Å². The molecule has 2 heterocycles. The van der Waals surface area contributed by atoms with E-state index >= 15 is 0 Å². The summed E-state index contributed by atoms with van der Waals surface area (Å²) >= 11 is 1.82. The fraction of sp³-hybridized carbons (Fsp3) is 0.789. The monoisotopic (exact) mass is 365 g/mol. The van der Waals surface area contributed by atoms with Crippen LogP contribution in [0.5, 0.6) is 0 Å². The quantitative estimate of drug-likeness (QED) is 0.576. The van der Waals surface area contributed by atoms with Gasteiger partial charge in [-0.1, -0.05) is 13.3 Å². The molecule has 5 nitrogen and oxygen atoms in total. The molecule has 25 heavy (non-hydrogen) atoms. The average molecular weight is 366 g/mol. The number of hydrogen-bond donors (Lipinski definition) is 2. The van der Waals surface area contributed by atoms with Crippen molar-refractivity contribution in [1.82, 2.24) is 20.5 Å². The van der Waals surface area contributed by atoms with Crippen LogP contribution < -0.4 is 10.6 Å². The number of nitrogens with one attached hydrogen (secondary N) is 2. The number of thiazole rings is 1. The van der Waals surface area contributed by atoms with E-state index in [9.17, 15) is 0 Å². The van der Waals surface area contributed by atoms with E-state index in [2.05, 4.69) is 48.2 Å². The second-order valence-electron chi connectivity index (χ2n) is 7.43. The lowest BCUT2D eigenvalue weighted by Crippen LogP contribution is -2.55. The molecule has 6 heteroatoms. The second-order valence-corrected chi connectivity index (χ2v) is 8.71. The summed E-state index contributed by atoms with van der Waals surface area (Å²) in [5.41, 5.74) is 1.39. The summed E-state index contributed by atoms with van der Waals surface area (Å²) in [6, 6.07) is 0. The normalized spacial score (nSPS) is 16.9. The molecule has 1 aliphatic heterocycles. The van der Waals surface area contributed by atoms with Crippen LogP contribution in [0.2, 0.25) is 0 Å². The summed E-state index contributed by atoms with van der Waals surface area (Å²) < 4.78 is 0. The molecule has 1 saturated heterocycles. The van der Waals surface area contributed by atoms with Gasteiger partial charge in [0.05, 0.1) is 10.7 Å². The number of aromatic nitrogens is 1. The number of piperidine rings is 1. The minimum absolute atomic E-state index is 0.153. The summed E-state index contributed by atoms with van der Waals surface area (Å²) in [5, 5.41) is 8.14. The molecule has 1 fully saturated rings. The van der Waals surface area contributed by atoms with E-state index in [4.69, 9.17) is 4.98 Å². The Morgan fingerprint density at radius 1 is 1.24 bits per heavy atom. The zero-order valence-electron chi connectivity index (χ0n) is 16.6. The Balaban J connectivity index is 1.76. The van der Waals surface area contributed by atoms with E-state index < -0.39 is 0 Å². The molecular formula is C19H35N5S. The van der Waals surface area contributed by atoms with Gasteiger partial charge in [0.1, 0.15) is 0 Å². The minimum Gasteiger partial charge on any atom is -0.356 e. The fourth-order valence-corrected chi connectivity index (χ4v) is 4.36. The summed E-state index contributed by atoms with van der Waals surface area (Å²) in [6.07, 6.45) is 5.98. The second kappa shape index (κ2) is 9.53. The van der Waals surface area contributed by atoms with Crippen LogP contribution in [0.4, 0.5) is 0 Å². The summed E-state index contributed by atoms with van der Waals surface area (Å²) in [7, 11) is 1.84. The molecule has 0 atom stereocenters. The van der Waals surface area contributed by atoms with Gasteiger partial charge in [-0.05, 0) is 53.1 Å². The number of aryl methyl sites for hydroxylation is 2. The topological polar surface area (TPSA) is 52.6 Å². The van der Waals surface area contributed by atoms with Gasteiger partial charge in [0.2, 0.25) is 0 Å². The van der Waals surface area contributed by atoms with Gasteiger partial charge >= 0.3 is 0 Å². The summed E-state index contributed by atoms with van der Waals surface area (Å²) in [6.45, 7) is 13.2. The largest absolute Gasteiger partial charge is 0.356 e. The van der Waals surface area contributed by atoms with Crippen molar-refractivity contribution in [2.75, 3.05) is 33.2 Å². The lowest BCUT2D eigenvalue weighted by atomic mass is 9.98.